The molecule has 0 unspecified atom stereocenters. The third-order valence-electron chi connectivity index (χ3n) is 4.57. The fourth-order valence-electron chi connectivity index (χ4n) is 2.89. The van der Waals surface area contributed by atoms with Gasteiger partial charge in [-0.1, -0.05) is 13.8 Å². The maximum absolute atomic E-state index is 12.7. The molecule has 0 N–H and O–H groups in total. The van der Waals surface area contributed by atoms with Crippen molar-refractivity contribution >= 4 is 20.0 Å². The van der Waals surface area contributed by atoms with E-state index in [0.717, 1.165) is 12.8 Å². The first-order chi connectivity index (χ1) is 11.7. The first-order valence-electron chi connectivity index (χ1n) is 8.41. The largest absolute Gasteiger partial charge is 0.379 e. The number of ether oxygens (including phenoxy) is 1. The first-order valence-corrected chi connectivity index (χ1v) is 11.3. The van der Waals surface area contributed by atoms with Gasteiger partial charge in [0.05, 0.1) is 23.0 Å². The third-order valence-corrected chi connectivity index (χ3v) is 8.40. The van der Waals surface area contributed by atoms with Gasteiger partial charge in [-0.15, -0.1) is 0 Å². The Kier molecular flexibility index (Phi) is 6.61. The van der Waals surface area contributed by atoms with Crippen molar-refractivity contribution < 1.29 is 21.6 Å². The molecule has 0 bridgehead atoms. The number of sulfonamides is 2. The van der Waals surface area contributed by atoms with Crippen LogP contribution in [-0.4, -0.2) is 64.8 Å². The molecule has 0 radical (unpaired) electrons. The third kappa shape index (κ3) is 4.22. The maximum atomic E-state index is 12.7. The molecule has 1 aromatic rings. The molecule has 0 aliphatic carbocycles. The van der Waals surface area contributed by atoms with Crippen LogP contribution in [0.1, 0.15) is 26.7 Å². The zero-order valence-electron chi connectivity index (χ0n) is 14.9. The number of hydrogen-bond acceptors (Lipinski definition) is 5. The van der Waals surface area contributed by atoms with E-state index in [-0.39, 0.29) is 15.8 Å². The van der Waals surface area contributed by atoms with Gasteiger partial charge in [0.2, 0.25) is 20.0 Å². The molecule has 1 aliphatic heterocycles. The smallest absolute Gasteiger partial charge is 0.243 e. The minimum absolute atomic E-state index is 0.0817. The maximum Gasteiger partial charge on any atom is 0.243 e. The van der Waals surface area contributed by atoms with E-state index in [4.69, 9.17) is 4.74 Å². The van der Waals surface area contributed by atoms with E-state index >= 15 is 0 Å². The molecule has 0 saturated carbocycles. The lowest BCUT2D eigenvalue weighted by Gasteiger charge is -2.27. The van der Waals surface area contributed by atoms with Crippen LogP contribution in [0.3, 0.4) is 0 Å². The normalized spacial score (nSPS) is 17.3. The van der Waals surface area contributed by atoms with Crippen LogP contribution in [0.4, 0.5) is 0 Å². The van der Waals surface area contributed by atoms with Crippen LogP contribution < -0.4 is 0 Å². The SMILES string of the molecule is CCC(CC)N(C)S(=O)(=O)c1ccc(S(=O)(=O)N2CCOCC2)cc1. The summed E-state index contributed by atoms with van der Waals surface area (Å²) in [5.41, 5.74) is 0. The molecular weight excluding hydrogens is 364 g/mol. The highest BCUT2D eigenvalue weighted by molar-refractivity contribution is 7.89. The lowest BCUT2D eigenvalue weighted by molar-refractivity contribution is 0.0730. The van der Waals surface area contributed by atoms with Crippen molar-refractivity contribution in [3.63, 3.8) is 0 Å². The Bertz CT molecular complexity index is 765. The van der Waals surface area contributed by atoms with E-state index in [1.165, 1.54) is 32.9 Å². The monoisotopic (exact) mass is 390 g/mol. The summed E-state index contributed by atoms with van der Waals surface area (Å²) in [5.74, 6) is 0. The van der Waals surface area contributed by atoms with Gasteiger partial charge in [0, 0.05) is 26.2 Å². The average Bonchev–Trinajstić information content (AvgIpc) is 2.63. The van der Waals surface area contributed by atoms with Crippen molar-refractivity contribution in [1.29, 1.82) is 0 Å². The number of nitrogens with zero attached hydrogens (tertiary/aromatic N) is 2. The highest BCUT2D eigenvalue weighted by Gasteiger charge is 2.29. The topological polar surface area (TPSA) is 84.0 Å². The Morgan fingerprint density at radius 2 is 1.48 bits per heavy atom. The summed E-state index contributed by atoms with van der Waals surface area (Å²) in [6.07, 6.45) is 1.44. The second-order valence-corrected chi connectivity index (χ2v) is 9.91. The molecule has 0 aromatic heterocycles. The quantitative estimate of drug-likeness (QED) is 0.705. The Morgan fingerprint density at radius 1 is 1.00 bits per heavy atom. The van der Waals surface area contributed by atoms with Gasteiger partial charge in [0.1, 0.15) is 0 Å². The lowest BCUT2D eigenvalue weighted by atomic mass is 10.2. The van der Waals surface area contributed by atoms with Crippen LogP contribution in [-0.2, 0) is 24.8 Å². The Balaban J connectivity index is 2.27. The van der Waals surface area contributed by atoms with Gasteiger partial charge >= 0.3 is 0 Å². The number of morpholine rings is 1. The molecule has 2 rings (SSSR count). The number of benzene rings is 1. The minimum Gasteiger partial charge on any atom is -0.379 e. The van der Waals surface area contributed by atoms with E-state index in [9.17, 15) is 16.8 Å². The van der Waals surface area contributed by atoms with Gasteiger partial charge in [0.15, 0.2) is 0 Å². The zero-order chi connectivity index (χ0) is 18.7. The molecule has 1 aromatic carbocycles. The van der Waals surface area contributed by atoms with Crippen molar-refractivity contribution in [3.8, 4) is 0 Å². The lowest BCUT2D eigenvalue weighted by Crippen LogP contribution is -2.40. The molecule has 1 saturated heterocycles. The van der Waals surface area contributed by atoms with Crippen LogP contribution in [0.2, 0.25) is 0 Å². The Morgan fingerprint density at radius 3 is 1.96 bits per heavy atom. The molecule has 25 heavy (non-hydrogen) atoms. The summed E-state index contributed by atoms with van der Waals surface area (Å²) in [7, 11) is -5.71. The molecule has 0 atom stereocenters. The predicted octanol–water partition coefficient (Wildman–Crippen LogP) is 1.52. The van der Waals surface area contributed by atoms with Crippen LogP contribution in [0.25, 0.3) is 0 Å². The number of hydrogen-bond donors (Lipinski definition) is 0. The van der Waals surface area contributed by atoms with Crippen LogP contribution in [0.5, 0.6) is 0 Å². The Labute approximate surface area is 150 Å². The molecule has 1 aliphatic rings. The van der Waals surface area contributed by atoms with E-state index < -0.39 is 20.0 Å². The number of rotatable bonds is 7. The van der Waals surface area contributed by atoms with Crippen LogP contribution >= 0.6 is 0 Å². The molecule has 9 heteroatoms. The molecule has 142 valence electrons. The predicted molar refractivity (Wildman–Crippen MR) is 95.3 cm³/mol. The summed E-state index contributed by atoms with van der Waals surface area (Å²) in [5, 5.41) is 0. The second kappa shape index (κ2) is 8.13. The summed E-state index contributed by atoms with van der Waals surface area (Å²) in [6, 6.07) is 5.36. The van der Waals surface area contributed by atoms with Crippen molar-refractivity contribution in [3.05, 3.63) is 24.3 Å². The van der Waals surface area contributed by atoms with Gasteiger partial charge < -0.3 is 4.74 Å². The van der Waals surface area contributed by atoms with Crippen molar-refractivity contribution in [1.82, 2.24) is 8.61 Å². The molecule has 0 amide bonds. The van der Waals surface area contributed by atoms with E-state index in [1.54, 1.807) is 7.05 Å². The zero-order valence-corrected chi connectivity index (χ0v) is 16.5. The van der Waals surface area contributed by atoms with E-state index in [1.807, 2.05) is 13.8 Å². The average molecular weight is 391 g/mol. The summed E-state index contributed by atoms with van der Waals surface area (Å²) < 4.78 is 58.5. The van der Waals surface area contributed by atoms with Gasteiger partial charge in [0.25, 0.3) is 0 Å². The fourth-order valence-corrected chi connectivity index (χ4v) is 5.80. The van der Waals surface area contributed by atoms with Crippen LogP contribution in [0.15, 0.2) is 34.1 Å². The summed E-state index contributed by atoms with van der Waals surface area (Å²) in [4.78, 5) is 0.196. The van der Waals surface area contributed by atoms with Gasteiger partial charge in [-0.3, -0.25) is 0 Å². The highest BCUT2D eigenvalue weighted by atomic mass is 32.2. The molecular formula is C16H26N2O5S2. The highest BCUT2D eigenvalue weighted by Crippen LogP contribution is 2.23. The molecule has 1 fully saturated rings. The summed E-state index contributed by atoms with van der Waals surface area (Å²) >= 11 is 0. The van der Waals surface area contributed by atoms with Crippen molar-refractivity contribution in [2.45, 2.75) is 42.5 Å². The van der Waals surface area contributed by atoms with E-state index in [0.29, 0.717) is 26.3 Å². The molecule has 1 heterocycles. The Hall–Kier alpha value is -1.00. The first kappa shape index (κ1) is 20.3. The van der Waals surface area contributed by atoms with Gasteiger partial charge in [-0.2, -0.15) is 8.61 Å². The fraction of sp³-hybridized carbons (Fsp3) is 0.625. The summed E-state index contributed by atoms with van der Waals surface area (Å²) in [6.45, 7) is 5.23. The van der Waals surface area contributed by atoms with Crippen LogP contribution in [0, 0.1) is 0 Å². The van der Waals surface area contributed by atoms with Gasteiger partial charge in [-0.25, -0.2) is 16.8 Å². The second-order valence-electron chi connectivity index (χ2n) is 5.98. The van der Waals surface area contributed by atoms with Gasteiger partial charge in [-0.05, 0) is 37.1 Å². The molecule has 0 spiro atoms. The molecule has 7 nitrogen and oxygen atoms in total. The van der Waals surface area contributed by atoms with E-state index in [2.05, 4.69) is 0 Å². The standard InChI is InChI=1S/C16H26N2O5S2/c1-4-14(5-2)17(3)24(19,20)15-6-8-16(9-7-15)25(21,22)18-10-12-23-13-11-18/h6-9,14H,4-5,10-13H2,1-3H3. The minimum atomic E-state index is -3.64. The van der Waals surface area contributed by atoms with Crippen molar-refractivity contribution in [2.75, 3.05) is 33.4 Å². The van der Waals surface area contributed by atoms with Crippen molar-refractivity contribution in [2.24, 2.45) is 0 Å².